The summed E-state index contributed by atoms with van der Waals surface area (Å²) < 4.78 is 0. The number of hydrogen-bond donors (Lipinski definition) is 1. The van der Waals surface area contributed by atoms with Crippen LogP contribution in [0, 0.1) is 5.92 Å². The highest BCUT2D eigenvalue weighted by atomic mass is 33.1. The lowest BCUT2D eigenvalue weighted by Crippen LogP contribution is -2.17. The van der Waals surface area contributed by atoms with Crippen molar-refractivity contribution in [2.45, 2.75) is 78.4 Å². The molecule has 0 radical (unpaired) electrons. The number of nitrogens with one attached hydrogen (secondary N) is 1. The van der Waals surface area contributed by atoms with Gasteiger partial charge in [0.05, 0.1) is 0 Å². The van der Waals surface area contributed by atoms with E-state index < -0.39 is 0 Å². The summed E-state index contributed by atoms with van der Waals surface area (Å²) in [6.07, 6.45) is 6.89. The highest BCUT2D eigenvalue weighted by Crippen LogP contribution is 2.39. The van der Waals surface area contributed by atoms with Crippen LogP contribution in [0.4, 0.5) is 0 Å². The summed E-state index contributed by atoms with van der Waals surface area (Å²) >= 11 is 0. The van der Waals surface area contributed by atoms with E-state index in [1.165, 1.54) is 31.4 Å². The van der Waals surface area contributed by atoms with Crippen LogP contribution >= 0.6 is 21.6 Å². The fourth-order valence-corrected chi connectivity index (χ4v) is 4.37. The number of amides is 1. The maximum absolute atomic E-state index is 10.9. The van der Waals surface area contributed by atoms with Gasteiger partial charge in [-0.1, -0.05) is 69.0 Å². The van der Waals surface area contributed by atoms with Crippen molar-refractivity contribution in [1.82, 2.24) is 5.32 Å². The van der Waals surface area contributed by atoms with Crippen LogP contribution in [-0.4, -0.2) is 24.0 Å². The van der Waals surface area contributed by atoms with Gasteiger partial charge in [-0.15, -0.1) is 0 Å². The molecule has 1 fully saturated rings. The first-order valence-electron chi connectivity index (χ1n) is 8.09. The fourth-order valence-electron chi connectivity index (χ4n) is 1.35. The van der Waals surface area contributed by atoms with Crippen LogP contribution < -0.4 is 5.32 Å². The third-order valence-electron chi connectivity index (χ3n) is 3.00. The van der Waals surface area contributed by atoms with E-state index in [0.717, 1.165) is 17.6 Å². The molecule has 1 heterocycles. The van der Waals surface area contributed by atoms with Crippen molar-refractivity contribution in [2.24, 2.45) is 5.92 Å². The predicted octanol–water partition coefficient (Wildman–Crippen LogP) is 5.53. The minimum absolute atomic E-state index is 0.174. The minimum atomic E-state index is 0.174. The van der Waals surface area contributed by atoms with Gasteiger partial charge < -0.3 is 5.32 Å². The Morgan fingerprint density at radius 2 is 1.90 bits per heavy atom. The van der Waals surface area contributed by atoms with Crippen molar-refractivity contribution in [3.63, 3.8) is 0 Å². The Kier molecular flexibility index (Phi) is 19.3. The molecule has 1 saturated heterocycles. The number of rotatable bonds is 6. The largest absolute Gasteiger partial charge is 0.359 e. The summed E-state index contributed by atoms with van der Waals surface area (Å²) in [5.74, 6) is 2.37. The molecule has 20 heavy (non-hydrogen) atoms. The zero-order valence-corrected chi connectivity index (χ0v) is 16.0. The molecule has 1 rings (SSSR count). The van der Waals surface area contributed by atoms with Gasteiger partial charge in [0, 0.05) is 24.5 Å². The van der Waals surface area contributed by atoms with Gasteiger partial charge in [-0.3, -0.25) is 4.79 Å². The van der Waals surface area contributed by atoms with E-state index >= 15 is 0 Å². The van der Waals surface area contributed by atoms with Crippen molar-refractivity contribution in [2.75, 3.05) is 12.8 Å². The summed E-state index contributed by atoms with van der Waals surface area (Å²) in [5.41, 5.74) is 0. The normalized spacial score (nSPS) is 16.9. The van der Waals surface area contributed by atoms with E-state index in [1.807, 2.05) is 35.4 Å². The number of carbonyl (C=O) groups is 1. The second-order valence-electron chi connectivity index (χ2n) is 5.05. The smallest absolute Gasteiger partial charge is 0.219 e. The lowest BCUT2D eigenvalue weighted by molar-refractivity contribution is -0.120. The molecule has 2 nitrogen and oxygen atoms in total. The van der Waals surface area contributed by atoms with E-state index in [2.05, 4.69) is 26.1 Å². The number of carbonyl (C=O) groups excluding carboxylic acids is 1. The molecule has 1 atom stereocenters. The van der Waals surface area contributed by atoms with E-state index in [4.69, 9.17) is 0 Å². The second kappa shape index (κ2) is 17.2. The molecule has 0 aromatic heterocycles. The van der Waals surface area contributed by atoms with Gasteiger partial charge in [-0.05, 0) is 25.2 Å². The molecule has 0 spiro atoms. The Morgan fingerprint density at radius 3 is 2.30 bits per heavy atom. The molecule has 1 unspecified atom stereocenters. The van der Waals surface area contributed by atoms with Gasteiger partial charge in [0.25, 0.3) is 0 Å². The second-order valence-corrected chi connectivity index (χ2v) is 7.84. The maximum Gasteiger partial charge on any atom is 0.219 e. The zero-order valence-electron chi connectivity index (χ0n) is 14.3. The van der Waals surface area contributed by atoms with Crippen LogP contribution in [0.25, 0.3) is 0 Å². The van der Waals surface area contributed by atoms with Crippen molar-refractivity contribution in [1.29, 1.82) is 0 Å². The molecule has 1 N–H and O–H groups in total. The Labute approximate surface area is 135 Å². The van der Waals surface area contributed by atoms with Crippen molar-refractivity contribution >= 4 is 27.5 Å². The average molecular weight is 322 g/mol. The lowest BCUT2D eigenvalue weighted by atomic mass is 10.1. The van der Waals surface area contributed by atoms with Crippen LogP contribution in [-0.2, 0) is 4.79 Å². The van der Waals surface area contributed by atoms with Gasteiger partial charge in [0.2, 0.25) is 5.91 Å². The molecule has 0 bridgehead atoms. The molecule has 0 aromatic carbocycles. The molecular formula is C16H35NOS2. The van der Waals surface area contributed by atoms with E-state index in [1.54, 1.807) is 7.05 Å². The molecular weight excluding hydrogens is 286 g/mol. The Balaban J connectivity index is 0. The summed E-state index contributed by atoms with van der Waals surface area (Å²) in [7, 11) is 5.71. The van der Waals surface area contributed by atoms with Gasteiger partial charge in [-0.2, -0.15) is 0 Å². The SMILES string of the molecule is CC.CCC(C)C.CNC(=O)CCCCC1CCSS1. The number of hydrogen-bond acceptors (Lipinski definition) is 3. The molecule has 0 aromatic rings. The molecule has 1 aliphatic heterocycles. The average Bonchev–Trinajstić information content (AvgIpc) is 2.99. The van der Waals surface area contributed by atoms with Gasteiger partial charge >= 0.3 is 0 Å². The van der Waals surface area contributed by atoms with Gasteiger partial charge in [-0.25, -0.2) is 0 Å². The van der Waals surface area contributed by atoms with Crippen LogP contribution in [0.2, 0.25) is 0 Å². The van der Waals surface area contributed by atoms with Crippen LogP contribution in [0.1, 0.15) is 73.1 Å². The molecule has 4 heteroatoms. The lowest BCUT2D eigenvalue weighted by Gasteiger charge is -2.05. The Bertz CT molecular complexity index is 205. The van der Waals surface area contributed by atoms with E-state index in [9.17, 15) is 4.79 Å². The zero-order chi connectivity index (χ0) is 15.8. The Hall–Kier alpha value is 0.170. The minimum Gasteiger partial charge on any atom is -0.359 e. The fraction of sp³-hybridized carbons (Fsp3) is 0.938. The van der Waals surface area contributed by atoms with E-state index in [0.29, 0.717) is 6.42 Å². The first-order chi connectivity index (χ1) is 9.60. The van der Waals surface area contributed by atoms with E-state index in [-0.39, 0.29) is 5.91 Å². The van der Waals surface area contributed by atoms with Crippen LogP contribution in [0.3, 0.4) is 0 Å². The van der Waals surface area contributed by atoms with Crippen LogP contribution in [0.15, 0.2) is 0 Å². The standard InChI is InChI=1S/C9H17NOS2.C5H12.C2H6/c1-10-9(11)5-3-2-4-8-6-7-12-13-8;1-4-5(2)3;1-2/h8H,2-7H2,1H3,(H,10,11);5H,4H2,1-3H3;1-2H3. The third kappa shape index (κ3) is 16.2. The molecule has 1 amide bonds. The summed E-state index contributed by atoms with van der Waals surface area (Å²) in [4.78, 5) is 10.9. The number of unbranched alkanes of at least 4 members (excludes halogenated alkanes) is 1. The monoisotopic (exact) mass is 321 g/mol. The quantitative estimate of drug-likeness (QED) is 0.515. The van der Waals surface area contributed by atoms with Crippen LogP contribution in [0.5, 0.6) is 0 Å². The molecule has 1 aliphatic rings. The molecule has 0 saturated carbocycles. The highest BCUT2D eigenvalue weighted by Gasteiger charge is 2.15. The molecule has 122 valence electrons. The van der Waals surface area contributed by atoms with Crippen molar-refractivity contribution < 1.29 is 4.79 Å². The third-order valence-corrected chi connectivity index (χ3v) is 6.01. The summed E-state index contributed by atoms with van der Waals surface area (Å²) in [6, 6.07) is 0. The van der Waals surface area contributed by atoms with Gasteiger partial charge in [0.15, 0.2) is 0 Å². The first kappa shape index (κ1) is 22.5. The maximum atomic E-state index is 10.9. The topological polar surface area (TPSA) is 29.1 Å². The predicted molar refractivity (Wildman–Crippen MR) is 97.5 cm³/mol. The van der Waals surface area contributed by atoms with Crippen molar-refractivity contribution in [3.8, 4) is 0 Å². The molecule has 0 aliphatic carbocycles. The van der Waals surface area contributed by atoms with Crippen molar-refractivity contribution in [3.05, 3.63) is 0 Å². The Morgan fingerprint density at radius 1 is 1.30 bits per heavy atom. The van der Waals surface area contributed by atoms with Gasteiger partial charge in [0.1, 0.15) is 0 Å². The summed E-state index contributed by atoms with van der Waals surface area (Å²) in [6.45, 7) is 10.6. The first-order valence-corrected chi connectivity index (χ1v) is 10.5. The highest BCUT2D eigenvalue weighted by molar-refractivity contribution is 8.77. The summed E-state index contributed by atoms with van der Waals surface area (Å²) in [5, 5.41) is 3.50.